The summed E-state index contributed by atoms with van der Waals surface area (Å²) in [7, 11) is 1.55. The van der Waals surface area contributed by atoms with E-state index in [4.69, 9.17) is 9.84 Å². The van der Waals surface area contributed by atoms with Gasteiger partial charge in [0.2, 0.25) is 5.82 Å². The maximum atomic E-state index is 11.1. The van der Waals surface area contributed by atoms with E-state index in [0.717, 1.165) is 0 Å². The Hall–Kier alpha value is -2.16. The highest BCUT2D eigenvalue weighted by atomic mass is 16.6. The average Bonchev–Trinajstić information content (AvgIpc) is 2.71. The quantitative estimate of drug-likeness (QED) is 0.579. The van der Waals surface area contributed by atoms with Crippen LogP contribution in [0.4, 0.5) is 11.5 Å². The van der Waals surface area contributed by atoms with Crippen molar-refractivity contribution in [2.75, 3.05) is 24.7 Å². The molecule has 2 heterocycles. The van der Waals surface area contributed by atoms with Gasteiger partial charge in [-0.2, -0.15) is 0 Å². The number of aromatic nitrogens is 2. The number of morpholine rings is 1. The van der Waals surface area contributed by atoms with Gasteiger partial charge in [-0.15, -0.1) is 5.10 Å². The molecule has 1 aliphatic heterocycles. The lowest BCUT2D eigenvalue weighted by Crippen LogP contribution is -2.50. The van der Waals surface area contributed by atoms with Crippen LogP contribution in [0.5, 0.6) is 0 Å². The van der Waals surface area contributed by atoms with Gasteiger partial charge >= 0.3 is 11.7 Å². The van der Waals surface area contributed by atoms with Gasteiger partial charge in [0, 0.05) is 13.6 Å². The van der Waals surface area contributed by atoms with Crippen LogP contribution in [-0.2, 0) is 16.6 Å². The zero-order valence-corrected chi connectivity index (χ0v) is 9.65. The second-order valence-electron chi connectivity index (χ2n) is 3.89. The molecule has 1 N–H and O–H groups in total. The lowest BCUT2D eigenvalue weighted by atomic mass is 10.2. The molecule has 0 aliphatic carbocycles. The normalized spacial score (nSPS) is 19.8. The third-order valence-corrected chi connectivity index (χ3v) is 2.67. The first-order chi connectivity index (χ1) is 8.50. The number of ether oxygens (including phenoxy) is 1. The van der Waals surface area contributed by atoms with Crippen LogP contribution in [0.25, 0.3) is 0 Å². The fourth-order valence-electron chi connectivity index (χ4n) is 1.86. The Morgan fingerprint density at radius 2 is 2.44 bits per heavy atom. The predicted octanol–water partition coefficient (Wildman–Crippen LogP) is -0.382. The van der Waals surface area contributed by atoms with Crippen LogP contribution in [0.1, 0.15) is 0 Å². The summed E-state index contributed by atoms with van der Waals surface area (Å²) in [5.41, 5.74) is -0.203. The fourth-order valence-corrected chi connectivity index (χ4v) is 1.86. The molecule has 0 spiro atoms. The van der Waals surface area contributed by atoms with Crippen molar-refractivity contribution in [3.63, 3.8) is 0 Å². The number of aliphatic carboxylic acids is 1. The van der Waals surface area contributed by atoms with E-state index in [1.165, 1.54) is 15.8 Å². The Balaban J connectivity index is 2.39. The second kappa shape index (κ2) is 4.61. The van der Waals surface area contributed by atoms with Crippen molar-refractivity contribution >= 4 is 17.5 Å². The molecule has 1 aliphatic rings. The van der Waals surface area contributed by atoms with E-state index in [-0.39, 0.29) is 24.7 Å². The van der Waals surface area contributed by atoms with E-state index in [9.17, 15) is 14.9 Å². The van der Waals surface area contributed by atoms with Crippen LogP contribution >= 0.6 is 0 Å². The predicted molar refractivity (Wildman–Crippen MR) is 59.5 cm³/mol. The highest BCUT2D eigenvalue weighted by Gasteiger charge is 2.35. The summed E-state index contributed by atoms with van der Waals surface area (Å²) in [5, 5.41) is 24.0. The molecule has 18 heavy (non-hydrogen) atoms. The van der Waals surface area contributed by atoms with Crippen molar-refractivity contribution in [1.29, 1.82) is 0 Å². The number of hydrogen-bond acceptors (Lipinski definition) is 6. The molecular formula is C9H12N4O5. The molecule has 0 aromatic carbocycles. The van der Waals surface area contributed by atoms with Gasteiger partial charge in [-0.1, -0.05) is 0 Å². The Morgan fingerprint density at radius 1 is 1.72 bits per heavy atom. The number of carboxylic acids is 1. The van der Waals surface area contributed by atoms with Crippen molar-refractivity contribution in [3.8, 4) is 0 Å². The Kier molecular flexibility index (Phi) is 3.15. The lowest BCUT2D eigenvalue weighted by Gasteiger charge is -2.32. The van der Waals surface area contributed by atoms with Gasteiger partial charge in [0.05, 0.1) is 18.1 Å². The minimum Gasteiger partial charge on any atom is -0.480 e. The lowest BCUT2D eigenvalue weighted by molar-refractivity contribution is -0.384. The van der Waals surface area contributed by atoms with Crippen LogP contribution in [0.2, 0.25) is 0 Å². The topological polar surface area (TPSA) is 111 Å². The first-order valence-electron chi connectivity index (χ1n) is 5.26. The summed E-state index contributed by atoms with van der Waals surface area (Å²) in [4.78, 5) is 22.8. The third-order valence-electron chi connectivity index (χ3n) is 2.67. The minimum absolute atomic E-state index is 0.0109. The molecule has 9 heteroatoms. The van der Waals surface area contributed by atoms with Crippen molar-refractivity contribution in [3.05, 3.63) is 16.3 Å². The Bertz CT molecular complexity index is 485. The zero-order valence-electron chi connectivity index (χ0n) is 9.65. The molecule has 1 aromatic heterocycles. The van der Waals surface area contributed by atoms with E-state index in [2.05, 4.69) is 5.10 Å². The van der Waals surface area contributed by atoms with Crippen molar-refractivity contribution < 1.29 is 19.6 Å². The number of nitrogens with zero attached hydrogens (tertiary/aromatic N) is 4. The summed E-state index contributed by atoms with van der Waals surface area (Å²) in [6.45, 7) is 0.565. The van der Waals surface area contributed by atoms with E-state index in [1.807, 2.05) is 0 Å². The van der Waals surface area contributed by atoms with E-state index < -0.39 is 16.9 Å². The number of rotatable bonds is 3. The van der Waals surface area contributed by atoms with Gasteiger partial charge < -0.3 is 14.7 Å². The second-order valence-corrected chi connectivity index (χ2v) is 3.89. The molecule has 2 rings (SSSR count). The molecule has 0 saturated carbocycles. The van der Waals surface area contributed by atoms with E-state index in [0.29, 0.717) is 6.61 Å². The SMILES string of the molecule is Cn1cc([N+](=O)[O-])c(N2CCOCC2C(=O)O)n1. The molecule has 98 valence electrons. The largest absolute Gasteiger partial charge is 0.480 e. The number of carbonyl (C=O) groups is 1. The zero-order chi connectivity index (χ0) is 13.3. The highest BCUT2D eigenvalue weighted by molar-refractivity contribution is 5.79. The van der Waals surface area contributed by atoms with Crippen molar-refractivity contribution in [1.82, 2.24) is 9.78 Å². The average molecular weight is 256 g/mol. The molecule has 0 amide bonds. The number of hydrogen-bond donors (Lipinski definition) is 1. The standard InChI is InChI=1S/C9H12N4O5/c1-11-4-6(13(16)17)8(10-11)12-2-3-18-5-7(12)9(14)15/h4,7H,2-3,5H2,1H3,(H,14,15). The molecule has 0 bridgehead atoms. The van der Waals surface area contributed by atoms with Crippen LogP contribution in [0, 0.1) is 10.1 Å². The Labute approximate surface area is 102 Å². The number of nitro groups is 1. The summed E-state index contributed by atoms with van der Waals surface area (Å²) in [6.07, 6.45) is 1.25. The van der Waals surface area contributed by atoms with Gasteiger partial charge in [-0.25, -0.2) is 4.79 Å². The van der Waals surface area contributed by atoms with Gasteiger partial charge in [-0.05, 0) is 0 Å². The molecule has 1 saturated heterocycles. The summed E-state index contributed by atoms with van der Waals surface area (Å²) < 4.78 is 6.37. The first kappa shape index (κ1) is 12.3. The molecule has 1 fully saturated rings. The number of aryl methyl sites for hydroxylation is 1. The minimum atomic E-state index is -1.09. The van der Waals surface area contributed by atoms with Gasteiger partial charge in [0.25, 0.3) is 0 Å². The van der Waals surface area contributed by atoms with Crippen molar-refractivity contribution in [2.45, 2.75) is 6.04 Å². The van der Waals surface area contributed by atoms with Gasteiger partial charge in [0.1, 0.15) is 6.20 Å². The summed E-state index contributed by atoms with van der Waals surface area (Å²) in [5.74, 6) is -1.02. The van der Waals surface area contributed by atoms with Crippen LogP contribution in [-0.4, -0.2) is 51.6 Å². The van der Waals surface area contributed by atoms with E-state index in [1.54, 1.807) is 7.05 Å². The molecule has 1 unspecified atom stereocenters. The van der Waals surface area contributed by atoms with Gasteiger partial charge in [0.15, 0.2) is 6.04 Å². The maximum absolute atomic E-state index is 11.1. The molecule has 0 radical (unpaired) electrons. The highest BCUT2D eigenvalue weighted by Crippen LogP contribution is 2.28. The number of carboxylic acid groups (broad SMARTS) is 1. The molecular weight excluding hydrogens is 244 g/mol. The third kappa shape index (κ3) is 2.12. The van der Waals surface area contributed by atoms with Gasteiger partial charge in [-0.3, -0.25) is 14.8 Å². The molecule has 1 atom stereocenters. The summed E-state index contributed by atoms with van der Waals surface area (Å²) >= 11 is 0. The van der Waals surface area contributed by atoms with Crippen LogP contribution in [0.3, 0.4) is 0 Å². The monoisotopic (exact) mass is 256 g/mol. The van der Waals surface area contributed by atoms with Crippen LogP contribution in [0.15, 0.2) is 6.20 Å². The van der Waals surface area contributed by atoms with Crippen molar-refractivity contribution in [2.24, 2.45) is 7.05 Å². The van der Waals surface area contributed by atoms with E-state index >= 15 is 0 Å². The smallest absolute Gasteiger partial charge is 0.330 e. The summed E-state index contributed by atoms with van der Waals surface area (Å²) in [6, 6.07) is -0.952. The molecule has 1 aromatic rings. The number of anilines is 1. The maximum Gasteiger partial charge on any atom is 0.330 e. The fraction of sp³-hybridized carbons (Fsp3) is 0.556. The molecule has 9 nitrogen and oxygen atoms in total. The van der Waals surface area contributed by atoms with Crippen LogP contribution < -0.4 is 4.90 Å². The Morgan fingerprint density at radius 3 is 3.06 bits per heavy atom. The first-order valence-corrected chi connectivity index (χ1v) is 5.26.